The van der Waals surface area contributed by atoms with Crippen LogP contribution in [-0.2, 0) is 19.1 Å². The van der Waals surface area contributed by atoms with Crippen molar-refractivity contribution in [3.63, 3.8) is 0 Å². The highest BCUT2D eigenvalue weighted by Gasteiger charge is 2.33. The Bertz CT molecular complexity index is 373. The topological polar surface area (TPSA) is 84.5 Å². The van der Waals surface area contributed by atoms with E-state index < -0.39 is 17.4 Å². The van der Waals surface area contributed by atoms with Crippen LogP contribution < -0.4 is 10.6 Å². The van der Waals surface area contributed by atoms with Crippen molar-refractivity contribution in [3.05, 3.63) is 0 Å². The van der Waals surface area contributed by atoms with Gasteiger partial charge in [0, 0.05) is 17.9 Å². The number of esters is 1. The van der Waals surface area contributed by atoms with Gasteiger partial charge in [0.2, 0.25) is 11.8 Å². The van der Waals surface area contributed by atoms with Crippen molar-refractivity contribution in [1.82, 2.24) is 10.6 Å². The van der Waals surface area contributed by atoms with Crippen molar-refractivity contribution in [2.24, 2.45) is 11.3 Å². The minimum Gasteiger partial charge on any atom is -0.467 e. The van der Waals surface area contributed by atoms with E-state index in [1.165, 1.54) is 7.11 Å². The molecule has 0 aromatic heterocycles. The van der Waals surface area contributed by atoms with Crippen LogP contribution >= 0.6 is 0 Å². The number of carbonyl (C=O) groups is 3. The van der Waals surface area contributed by atoms with Gasteiger partial charge in [-0.2, -0.15) is 0 Å². The molecule has 108 valence electrons. The maximum atomic E-state index is 11.9. The molecule has 0 bridgehead atoms. The van der Waals surface area contributed by atoms with Crippen molar-refractivity contribution in [2.45, 2.75) is 39.7 Å². The molecule has 6 heteroatoms. The second-order valence-corrected chi connectivity index (χ2v) is 5.81. The molecule has 1 saturated heterocycles. The van der Waals surface area contributed by atoms with Crippen molar-refractivity contribution >= 4 is 17.8 Å². The lowest BCUT2D eigenvalue weighted by Crippen LogP contribution is -2.47. The van der Waals surface area contributed by atoms with Gasteiger partial charge in [-0.3, -0.25) is 9.59 Å². The van der Waals surface area contributed by atoms with Crippen LogP contribution in [0.5, 0.6) is 0 Å². The van der Waals surface area contributed by atoms with Gasteiger partial charge in [-0.05, 0) is 12.8 Å². The zero-order valence-corrected chi connectivity index (χ0v) is 11.9. The summed E-state index contributed by atoms with van der Waals surface area (Å²) in [7, 11) is 1.27. The lowest BCUT2D eigenvalue weighted by molar-refractivity contribution is -0.147. The lowest BCUT2D eigenvalue weighted by Gasteiger charge is -2.24. The van der Waals surface area contributed by atoms with E-state index in [0.29, 0.717) is 13.0 Å². The summed E-state index contributed by atoms with van der Waals surface area (Å²) in [6.07, 6.45) is 0.956. The Labute approximate surface area is 113 Å². The zero-order chi connectivity index (χ0) is 14.6. The van der Waals surface area contributed by atoms with Gasteiger partial charge < -0.3 is 15.4 Å². The maximum absolute atomic E-state index is 11.9. The van der Waals surface area contributed by atoms with Crippen LogP contribution in [0.15, 0.2) is 0 Å². The van der Waals surface area contributed by atoms with Crippen molar-refractivity contribution in [3.8, 4) is 0 Å². The Morgan fingerprint density at radius 1 is 1.47 bits per heavy atom. The zero-order valence-electron chi connectivity index (χ0n) is 11.9. The van der Waals surface area contributed by atoms with E-state index >= 15 is 0 Å². The van der Waals surface area contributed by atoms with Gasteiger partial charge in [0.05, 0.1) is 7.11 Å². The predicted octanol–water partition coefficient (Wildman–Crippen LogP) is 0.217. The summed E-state index contributed by atoms with van der Waals surface area (Å²) >= 11 is 0. The van der Waals surface area contributed by atoms with E-state index in [4.69, 9.17) is 0 Å². The second-order valence-electron chi connectivity index (χ2n) is 5.81. The summed E-state index contributed by atoms with van der Waals surface area (Å²) < 4.78 is 4.69. The Morgan fingerprint density at radius 2 is 2.11 bits per heavy atom. The van der Waals surface area contributed by atoms with Crippen LogP contribution in [0.1, 0.15) is 33.6 Å². The molecule has 0 radical (unpaired) electrons. The minimum absolute atomic E-state index is 0.0705. The molecule has 1 aliphatic heterocycles. The molecule has 1 heterocycles. The standard InChI is InChI=1S/C13H22N2O4/c1-13(2,3)12(18)15-9(11(17)19-4)7-8-5-6-14-10(8)16/h8-9H,5-7H2,1-4H3,(H,14,16)(H,15,18)/t8-,9-/m0/s1. The molecule has 0 saturated carbocycles. The van der Waals surface area contributed by atoms with Gasteiger partial charge in [0.1, 0.15) is 6.04 Å². The number of methoxy groups -OCH3 is 1. The van der Waals surface area contributed by atoms with Crippen LogP contribution in [0.25, 0.3) is 0 Å². The number of carbonyl (C=O) groups excluding carboxylic acids is 3. The van der Waals surface area contributed by atoms with Gasteiger partial charge in [0.15, 0.2) is 0 Å². The van der Waals surface area contributed by atoms with Crippen LogP contribution in [0.3, 0.4) is 0 Å². The summed E-state index contributed by atoms with van der Waals surface area (Å²) in [5, 5.41) is 5.37. The predicted molar refractivity (Wildman–Crippen MR) is 69.1 cm³/mol. The van der Waals surface area contributed by atoms with Gasteiger partial charge in [-0.15, -0.1) is 0 Å². The molecule has 1 fully saturated rings. The first-order valence-corrected chi connectivity index (χ1v) is 6.42. The fraction of sp³-hybridized carbons (Fsp3) is 0.769. The highest BCUT2D eigenvalue weighted by atomic mass is 16.5. The quantitative estimate of drug-likeness (QED) is 0.716. The number of rotatable bonds is 4. The first-order chi connectivity index (χ1) is 8.75. The molecule has 0 aromatic rings. The number of nitrogens with one attached hydrogen (secondary N) is 2. The van der Waals surface area contributed by atoms with Crippen LogP contribution in [0.4, 0.5) is 0 Å². The fourth-order valence-corrected chi connectivity index (χ4v) is 1.89. The summed E-state index contributed by atoms with van der Waals surface area (Å²) in [6, 6.07) is -0.773. The average Bonchev–Trinajstić information content (AvgIpc) is 2.71. The SMILES string of the molecule is COC(=O)[C@H](C[C@@H]1CCNC1=O)NC(=O)C(C)(C)C. The highest BCUT2D eigenvalue weighted by molar-refractivity contribution is 5.88. The molecule has 1 rings (SSSR count). The van der Waals surface area contributed by atoms with E-state index in [0.717, 1.165) is 0 Å². The van der Waals surface area contributed by atoms with Crippen molar-refractivity contribution in [1.29, 1.82) is 0 Å². The third-order valence-electron chi connectivity index (χ3n) is 3.16. The molecule has 1 aliphatic rings. The first-order valence-electron chi connectivity index (χ1n) is 6.42. The third kappa shape index (κ3) is 4.22. The van der Waals surface area contributed by atoms with Crippen LogP contribution in [0.2, 0.25) is 0 Å². The monoisotopic (exact) mass is 270 g/mol. The van der Waals surface area contributed by atoms with Crippen LogP contribution in [0, 0.1) is 11.3 Å². The van der Waals surface area contributed by atoms with Gasteiger partial charge in [0.25, 0.3) is 0 Å². The second kappa shape index (κ2) is 6.04. The molecule has 2 atom stereocenters. The highest BCUT2D eigenvalue weighted by Crippen LogP contribution is 2.19. The summed E-state index contributed by atoms with van der Waals surface area (Å²) in [5.74, 6) is -1.07. The fourth-order valence-electron chi connectivity index (χ4n) is 1.89. The van der Waals surface area contributed by atoms with E-state index in [9.17, 15) is 14.4 Å². The smallest absolute Gasteiger partial charge is 0.328 e. The molecule has 19 heavy (non-hydrogen) atoms. The molecule has 0 unspecified atom stereocenters. The van der Waals surface area contributed by atoms with Gasteiger partial charge in [-0.1, -0.05) is 20.8 Å². The minimum atomic E-state index is -0.773. The normalized spacial score (nSPS) is 20.6. The lowest BCUT2D eigenvalue weighted by atomic mass is 9.93. The Kier molecular flexibility index (Phi) is 4.91. The van der Waals surface area contributed by atoms with E-state index in [2.05, 4.69) is 15.4 Å². The van der Waals surface area contributed by atoms with Crippen molar-refractivity contribution < 1.29 is 19.1 Å². The van der Waals surface area contributed by atoms with Crippen molar-refractivity contribution in [2.75, 3.05) is 13.7 Å². The third-order valence-corrected chi connectivity index (χ3v) is 3.16. The Morgan fingerprint density at radius 3 is 2.53 bits per heavy atom. The van der Waals surface area contributed by atoms with E-state index in [-0.39, 0.29) is 24.2 Å². The molecule has 0 aromatic carbocycles. The first kappa shape index (κ1) is 15.5. The maximum Gasteiger partial charge on any atom is 0.328 e. The molecule has 0 spiro atoms. The molecular weight excluding hydrogens is 248 g/mol. The molecular formula is C13H22N2O4. The number of hydrogen-bond acceptors (Lipinski definition) is 4. The molecule has 0 aliphatic carbocycles. The summed E-state index contributed by atoms with van der Waals surface area (Å²) in [4.78, 5) is 35.2. The number of amides is 2. The summed E-state index contributed by atoms with van der Waals surface area (Å²) in [6.45, 7) is 5.90. The van der Waals surface area contributed by atoms with E-state index in [1.54, 1.807) is 20.8 Å². The molecule has 6 nitrogen and oxygen atoms in total. The summed E-state index contributed by atoms with van der Waals surface area (Å²) in [5.41, 5.74) is -0.593. The largest absolute Gasteiger partial charge is 0.467 e. The molecule has 2 amide bonds. The number of hydrogen-bond donors (Lipinski definition) is 2. The Hall–Kier alpha value is -1.59. The number of ether oxygens (including phenoxy) is 1. The van der Waals surface area contributed by atoms with Gasteiger partial charge in [-0.25, -0.2) is 4.79 Å². The van der Waals surface area contributed by atoms with E-state index in [1.807, 2.05) is 0 Å². The van der Waals surface area contributed by atoms with Gasteiger partial charge >= 0.3 is 5.97 Å². The molecule has 2 N–H and O–H groups in total. The Balaban J connectivity index is 2.70. The van der Waals surface area contributed by atoms with Crippen LogP contribution in [-0.4, -0.2) is 37.5 Å². The average molecular weight is 270 g/mol.